The standard InChI is InChI=1S/C46H37N4Si.Pt/c1-32-14-12-15-33(2)46(32)34-26-27-47-45(28-34)50-41-21-9-8-20-39(41)40-25-24-38(30-44(40)50)51(3,4)37-19-13-18-36(29-37)49-31-48(35-16-6-5-7-17-35)42-22-10-11-23-43(42)49;/h5-28,31H,1-4H3;/q-1;. The summed E-state index contributed by atoms with van der Waals surface area (Å²) in [5.74, 6) is 0.897. The molecule has 52 heavy (non-hydrogen) atoms. The second kappa shape index (κ2) is 13.3. The van der Waals surface area contributed by atoms with Crippen LogP contribution in [0.5, 0.6) is 0 Å². The van der Waals surface area contributed by atoms with E-state index in [2.05, 4.69) is 199 Å². The molecule has 0 fully saturated rings. The molecule has 0 aliphatic heterocycles. The largest absolute Gasteiger partial charge is 0.319 e. The quantitative estimate of drug-likeness (QED) is 0.121. The van der Waals surface area contributed by atoms with Gasteiger partial charge in [0.15, 0.2) is 17.4 Å². The van der Waals surface area contributed by atoms with E-state index in [1.165, 1.54) is 43.4 Å². The summed E-state index contributed by atoms with van der Waals surface area (Å²) in [6, 6.07) is 57.6. The maximum atomic E-state index is 4.95. The van der Waals surface area contributed by atoms with Crippen LogP contribution in [0.1, 0.15) is 11.1 Å². The minimum Gasteiger partial charge on any atom is -0.319 e. The zero-order valence-electron chi connectivity index (χ0n) is 29.5. The van der Waals surface area contributed by atoms with Crippen molar-refractivity contribution in [3.63, 3.8) is 0 Å². The monoisotopic (exact) mass is 868 g/mol. The van der Waals surface area contributed by atoms with Crippen molar-refractivity contribution in [3.05, 3.63) is 175 Å². The molecule has 6 heteroatoms. The molecule has 0 amide bonds. The molecular weight excluding hydrogens is 832 g/mol. The van der Waals surface area contributed by atoms with Crippen LogP contribution < -0.4 is 10.4 Å². The van der Waals surface area contributed by atoms with E-state index in [0.717, 1.165) is 39.3 Å². The molecule has 0 atom stereocenters. The average molecular weight is 869 g/mol. The third-order valence-corrected chi connectivity index (χ3v) is 13.7. The van der Waals surface area contributed by atoms with Gasteiger partial charge in [0.2, 0.25) is 0 Å². The Hall–Kier alpha value is -5.35. The third kappa shape index (κ3) is 5.56. The first kappa shape index (κ1) is 33.8. The van der Waals surface area contributed by atoms with Crippen LogP contribution in [0.3, 0.4) is 0 Å². The smallest absolute Gasteiger partial charge is 0.168 e. The zero-order valence-corrected chi connectivity index (χ0v) is 32.8. The maximum absolute atomic E-state index is 4.95. The summed E-state index contributed by atoms with van der Waals surface area (Å²) in [4.78, 5) is 4.95. The summed E-state index contributed by atoms with van der Waals surface area (Å²) >= 11 is 0. The first-order valence-corrected chi connectivity index (χ1v) is 20.5. The van der Waals surface area contributed by atoms with Crippen LogP contribution in [0.25, 0.3) is 61.2 Å². The molecule has 0 saturated carbocycles. The topological polar surface area (TPSA) is 27.7 Å². The minimum atomic E-state index is -2.28. The molecule has 0 saturated heterocycles. The molecule has 3 heterocycles. The van der Waals surface area contributed by atoms with Crippen molar-refractivity contribution in [2.45, 2.75) is 26.9 Å². The molecule has 256 valence electrons. The Morgan fingerprint density at radius 1 is 0.596 bits per heavy atom. The van der Waals surface area contributed by atoms with Crippen molar-refractivity contribution < 1.29 is 21.1 Å². The first-order valence-electron chi connectivity index (χ1n) is 17.5. The Labute approximate surface area is 319 Å². The van der Waals surface area contributed by atoms with Crippen molar-refractivity contribution in [3.8, 4) is 28.3 Å². The van der Waals surface area contributed by atoms with E-state index >= 15 is 0 Å². The molecule has 4 nitrogen and oxygen atoms in total. The summed E-state index contributed by atoms with van der Waals surface area (Å²) in [6.45, 7) is 9.18. The third-order valence-electron chi connectivity index (χ3n) is 10.4. The molecule has 6 aromatic carbocycles. The van der Waals surface area contributed by atoms with Crippen molar-refractivity contribution in [2.75, 3.05) is 0 Å². The predicted octanol–water partition coefficient (Wildman–Crippen LogP) is 9.90. The van der Waals surface area contributed by atoms with Gasteiger partial charge in [-0.05, 0) is 71.8 Å². The van der Waals surface area contributed by atoms with Gasteiger partial charge in [-0.25, -0.2) is 9.55 Å². The van der Waals surface area contributed by atoms with Crippen molar-refractivity contribution in [1.29, 1.82) is 0 Å². The Morgan fingerprint density at radius 2 is 1.25 bits per heavy atom. The number of hydrogen-bond acceptors (Lipinski definition) is 1. The van der Waals surface area contributed by atoms with E-state index in [1.54, 1.807) is 0 Å². The Bertz CT molecular complexity index is 2740. The second-order valence-electron chi connectivity index (χ2n) is 13.9. The number of fused-ring (bicyclic) bond motifs is 4. The van der Waals surface area contributed by atoms with Crippen LogP contribution in [0.4, 0.5) is 0 Å². The van der Waals surface area contributed by atoms with Gasteiger partial charge in [0, 0.05) is 50.6 Å². The van der Waals surface area contributed by atoms with Gasteiger partial charge in [0.05, 0.1) is 8.07 Å². The van der Waals surface area contributed by atoms with Crippen molar-refractivity contribution >= 4 is 51.3 Å². The van der Waals surface area contributed by atoms with Crippen LogP contribution in [-0.2, 0) is 21.1 Å². The second-order valence-corrected chi connectivity index (χ2v) is 18.2. The van der Waals surface area contributed by atoms with E-state index in [9.17, 15) is 0 Å². The number of imidazole rings is 1. The van der Waals surface area contributed by atoms with E-state index in [1.807, 2.05) is 6.20 Å². The summed E-state index contributed by atoms with van der Waals surface area (Å²) in [5.41, 5.74) is 11.6. The zero-order chi connectivity index (χ0) is 34.7. The Balaban J connectivity index is 0.00000387. The van der Waals surface area contributed by atoms with E-state index in [-0.39, 0.29) is 21.1 Å². The number of aromatic nitrogens is 4. The first-order chi connectivity index (χ1) is 24.9. The molecule has 9 rings (SSSR count). The van der Waals surface area contributed by atoms with Gasteiger partial charge in [0.1, 0.15) is 11.5 Å². The molecular formula is C46H37N4PtSi-. The predicted molar refractivity (Wildman–Crippen MR) is 215 cm³/mol. The van der Waals surface area contributed by atoms with Crippen LogP contribution in [0.2, 0.25) is 13.1 Å². The molecule has 9 aromatic rings. The van der Waals surface area contributed by atoms with Gasteiger partial charge in [-0.2, -0.15) is 45.3 Å². The fourth-order valence-electron chi connectivity index (χ4n) is 7.67. The number of aryl methyl sites for hydroxylation is 2. The van der Waals surface area contributed by atoms with Gasteiger partial charge in [0.25, 0.3) is 0 Å². The Kier molecular flexibility index (Phi) is 8.65. The maximum Gasteiger partial charge on any atom is 0.168 e. The van der Waals surface area contributed by atoms with Crippen LogP contribution in [0.15, 0.2) is 152 Å². The summed E-state index contributed by atoms with van der Waals surface area (Å²) in [7, 11) is -2.28. The number of pyridine rings is 1. The van der Waals surface area contributed by atoms with E-state index < -0.39 is 8.07 Å². The molecule has 0 N–H and O–H groups in total. The molecule has 0 bridgehead atoms. The number of benzene rings is 6. The molecule has 0 aliphatic rings. The summed E-state index contributed by atoms with van der Waals surface area (Å²) in [6.07, 6.45) is 4.12. The van der Waals surface area contributed by atoms with E-state index in [0.29, 0.717) is 0 Å². The fourth-order valence-corrected chi connectivity index (χ4v) is 9.84. The number of para-hydroxylation sites is 4. The average Bonchev–Trinajstić information content (AvgIpc) is 3.72. The molecule has 0 radical (unpaired) electrons. The fraction of sp³-hybridized carbons (Fsp3) is 0.0870. The number of nitrogens with zero attached hydrogens (tertiary/aromatic N) is 4. The molecule has 0 unspecified atom stereocenters. The summed E-state index contributed by atoms with van der Waals surface area (Å²) in [5, 5.41) is 4.85. The van der Waals surface area contributed by atoms with E-state index in [4.69, 9.17) is 4.98 Å². The van der Waals surface area contributed by atoms with Gasteiger partial charge in [-0.3, -0.25) is 0 Å². The molecule has 3 aromatic heterocycles. The molecule has 0 spiro atoms. The summed E-state index contributed by atoms with van der Waals surface area (Å²) < 4.78 is 6.81. The van der Waals surface area contributed by atoms with Crippen molar-refractivity contribution in [1.82, 2.24) is 18.7 Å². The van der Waals surface area contributed by atoms with Crippen LogP contribution >= 0.6 is 0 Å². The molecule has 0 aliphatic carbocycles. The van der Waals surface area contributed by atoms with Gasteiger partial charge in [-0.15, -0.1) is 17.5 Å². The van der Waals surface area contributed by atoms with Crippen molar-refractivity contribution in [2.24, 2.45) is 0 Å². The number of hydrogen-bond donors (Lipinski definition) is 0. The SMILES string of the molecule is Cc1cccc(C)c1-c1ccnc(-n2c3[c-]c([Si](C)(C)c4[c-]c(-n5[cH+]n(-c6ccccc6)c6ccccc65)ccc4)ccc3c3ccccc32)c1.[Pt]. The Morgan fingerprint density at radius 3 is 2.02 bits per heavy atom. The van der Waals surface area contributed by atoms with Crippen LogP contribution in [-0.4, -0.2) is 26.8 Å². The minimum absolute atomic E-state index is 0. The number of rotatable bonds is 6. The normalized spacial score (nSPS) is 11.7. The van der Waals surface area contributed by atoms with Gasteiger partial charge < -0.3 is 4.57 Å². The van der Waals surface area contributed by atoms with Crippen LogP contribution in [0, 0.1) is 26.0 Å². The van der Waals surface area contributed by atoms with Gasteiger partial charge in [-0.1, -0.05) is 85.3 Å². The van der Waals surface area contributed by atoms with Gasteiger partial charge >= 0.3 is 0 Å².